The lowest BCUT2D eigenvalue weighted by molar-refractivity contribution is 0.248. The number of terminal acetylenes is 1. The van der Waals surface area contributed by atoms with Crippen LogP contribution in [0, 0.1) is 49.4 Å². The van der Waals surface area contributed by atoms with Crippen molar-refractivity contribution in [2.75, 3.05) is 0 Å². The van der Waals surface area contributed by atoms with Crippen molar-refractivity contribution in [3.05, 3.63) is 141 Å². The van der Waals surface area contributed by atoms with Crippen LogP contribution in [-0.2, 0) is 24.7 Å². The van der Waals surface area contributed by atoms with Crippen LogP contribution in [0.5, 0.6) is 0 Å². The summed E-state index contributed by atoms with van der Waals surface area (Å²) >= 11 is 0. The zero-order valence-corrected chi connectivity index (χ0v) is 35.6. The topological polar surface area (TPSA) is 0 Å². The van der Waals surface area contributed by atoms with Crippen molar-refractivity contribution in [2.24, 2.45) is 23.2 Å². The van der Waals surface area contributed by atoms with Gasteiger partial charge in [0.15, 0.2) is 0 Å². The Morgan fingerprint density at radius 3 is 1.94 bits per heavy atom. The molecule has 0 aliphatic heterocycles. The van der Waals surface area contributed by atoms with Crippen molar-refractivity contribution in [2.45, 2.75) is 156 Å². The highest BCUT2D eigenvalue weighted by Gasteiger charge is 2.31. The van der Waals surface area contributed by atoms with Gasteiger partial charge in [-0.2, -0.15) is 0 Å². The summed E-state index contributed by atoms with van der Waals surface area (Å²) < 4.78 is 0. The lowest BCUT2D eigenvalue weighted by atomic mass is 9.70. The molecular formula is C53H82. The molecule has 0 nitrogen and oxygen atoms in total. The summed E-state index contributed by atoms with van der Waals surface area (Å²) in [6, 6.07) is 25.6. The van der Waals surface area contributed by atoms with E-state index in [0.717, 1.165) is 37.7 Å². The summed E-state index contributed by atoms with van der Waals surface area (Å²) in [5.74, 6) is 4.43. The molecule has 0 saturated heterocycles. The fourth-order valence-electron chi connectivity index (χ4n) is 6.23. The van der Waals surface area contributed by atoms with E-state index in [0.29, 0.717) is 17.8 Å². The van der Waals surface area contributed by atoms with Gasteiger partial charge in [-0.05, 0) is 122 Å². The number of benzene rings is 3. The first-order chi connectivity index (χ1) is 23.9. The predicted octanol–water partition coefficient (Wildman–Crippen LogP) is 16.1. The zero-order valence-electron chi connectivity index (χ0n) is 35.6. The Balaban J connectivity index is 0. The molecule has 0 radical (unpaired) electrons. The van der Waals surface area contributed by atoms with Gasteiger partial charge in [-0.25, -0.2) is 0 Å². The van der Waals surface area contributed by atoms with Crippen molar-refractivity contribution in [1.29, 1.82) is 0 Å². The average Bonchev–Trinajstić information content (AvgIpc) is 3.08. The molecule has 2 unspecified atom stereocenters. The van der Waals surface area contributed by atoms with Gasteiger partial charge in [-0.3, -0.25) is 0 Å². The molecule has 0 N–H and O–H groups in total. The van der Waals surface area contributed by atoms with E-state index in [9.17, 15) is 0 Å². The summed E-state index contributed by atoms with van der Waals surface area (Å²) in [6.45, 7) is 37.4. The Morgan fingerprint density at radius 2 is 1.43 bits per heavy atom. The van der Waals surface area contributed by atoms with Gasteiger partial charge in [-0.1, -0.05) is 194 Å². The zero-order chi connectivity index (χ0) is 38.9. The molecule has 0 fully saturated rings. The molecule has 0 spiro atoms. The monoisotopic (exact) mass is 719 g/mol. The highest BCUT2D eigenvalue weighted by molar-refractivity contribution is 5.46. The minimum Gasteiger partial charge on any atom is -0.115 e. The van der Waals surface area contributed by atoms with Crippen molar-refractivity contribution in [3.8, 4) is 12.3 Å². The molecular weight excluding hydrogens is 637 g/mol. The number of hydrogen-bond donors (Lipinski definition) is 0. The van der Waals surface area contributed by atoms with Gasteiger partial charge in [-0.15, -0.1) is 6.42 Å². The van der Waals surface area contributed by atoms with E-state index in [2.05, 4.69) is 174 Å². The Labute approximate surface area is 331 Å². The number of hydrogen-bond acceptors (Lipinski definition) is 0. The molecule has 0 bridgehead atoms. The molecule has 0 heterocycles. The van der Waals surface area contributed by atoms with Gasteiger partial charge >= 0.3 is 0 Å². The lowest BCUT2D eigenvalue weighted by Crippen LogP contribution is -2.26. The predicted molar refractivity (Wildman–Crippen MR) is 244 cm³/mol. The molecule has 53 heavy (non-hydrogen) atoms. The van der Waals surface area contributed by atoms with E-state index in [1.807, 2.05) is 20.8 Å². The summed E-state index contributed by atoms with van der Waals surface area (Å²) in [7, 11) is 0. The molecule has 0 aliphatic carbocycles. The minimum absolute atomic E-state index is 0. The summed E-state index contributed by atoms with van der Waals surface area (Å²) in [5, 5.41) is 0. The summed E-state index contributed by atoms with van der Waals surface area (Å²) in [6.07, 6.45) is 15.0. The molecule has 3 aromatic carbocycles. The standard InChI is InChI=1S/C35H48.C14H20.C2H6.2CH4/c1-25(2)19-31-23-32(16-15-28(31)6)35(9,18-17-29-13-11-10-12-14-29)33-21-27(5)20-30(22-33)24-34(7,8)26(3)4;1-7-14(8-2)13(6)10-9-12(5)11(3)4;1-2;;/h10-16,20-23,25-26H,17-19,24H2,1-9H3;1,9-10,12H,3,8H2,2,4-6H3;1-2H3;2*1H4/b;10-9-,14-13-;;;. The van der Waals surface area contributed by atoms with Crippen LogP contribution in [-0.4, -0.2) is 0 Å². The highest BCUT2D eigenvalue weighted by Crippen LogP contribution is 2.40. The number of allylic oxidation sites excluding steroid dienone is 5. The van der Waals surface area contributed by atoms with Gasteiger partial charge in [0.1, 0.15) is 0 Å². The van der Waals surface area contributed by atoms with Gasteiger partial charge < -0.3 is 0 Å². The van der Waals surface area contributed by atoms with Crippen molar-refractivity contribution >= 4 is 0 Å². The first kappa shape index (κ1) is 51.5. The van der Waals surface area contributed by atoms with Gasteiger partial charge in [0.05, 0.1) is 0 Å². The van der Waals surface area contributed by atoms with Crippen LogP contribution in [0.25, 0.3) is 0 Å². The molecule has 294 valence electrons. The van der Waals surface area contributed by atoms with Crippen LogP contribution in [0.15, 0.2) is 102 Å². The quantitative estimate of drug-likeness (QED) is 0.0884. The minimum atomic E-state index is -0.0436. The molecule has 3 rings (SSSR count). The third-order valence-corrected chi connectivity index (χ3v) is 10.8. The molecule has 2 atom stereocenters. The summed E-state index contributed by atoms with van der Waals surface area (Å²) in [5.41, 5.74) is 13.8. The second-order valence-electron chi connectivity index (χ2n) is 16.2. The number of aryl methyl sites for hydroxylation is 3. The Bertz CT molecular complexity index is 1600. The normalized spacial score (nSPS) is 13.2. The van der Waals surface area contributed by atoms with E-state index in [1.165, 1.54) is 50.1 Å². The Hall–Kier alpha value is -3.56. The molecule has 0 saturated carbocycles. The third kappa shape index (κ3) is 16.6. The smallest absolute Gasteiger partial charge is 0.0178 e. The number of rotatable bonds is 14. The first-order valence-corrected chi connectivity index (χ1v) is 19.7. The second kappa shape index (κ2) is 24.7. The van der Waals surface area contributed by atoms with E-state index in [4.69, 9.17) is 6.42 Å². The van der Waals surface area contributed by atoms with Gasteiger partial charge in [0, 0.05) is 11.0 Å². The Morgan fingerprint density at radius 1 is 0.830 bits per heavy atom. The maximum atomic E-state index is 5.39. The molecule has 0 amide bonds. The van der Waals surface area contributed by atoms with Crippen LogP contribution in [0.3, 0.4) is 0 Å². The van der Waals surface area contributed by atoms with Crippen LogP contribution in [0.1, 0.15) is 157 Å². The third-order valence-electron chi connectivity index (χ3n) is 10.8. The van der Waals surface area contributed by atoms with Crippen LogP contribution in [0.4, 0.5) is 0 Å². The fraction of sp³-hybridized carbons (Fsp3) is 0.509. The fourth-order valence-corrected chi connectivity index (χ4v) is 6.23. The first-order valence-electron chi connectivity index (χ1n) is 19.7. The second-order valence-corrected chi connectivity index (χ2v) is 16.2. The Kier molecular flexibility index (Phi) is 24.0. The lowest BCUT2D eigenvalue weighted by Gasteiger charge is -2.34. The molecule has 0 heteroatoms. The average molecular weight is 719 g/mol. The molecule has 3 aromatic rings. The van der Waals surface area contributed by atoms with Crippen LogP contribution < -0.4 is 0 Å². The van der Waals surface area contributed by atoms with Gasteiger partial charge in [0.2, 0.25) is 0 Å². The molecule has 0 aliphatic rings. The van der Waals surface area contributed by atoms with Gasteiger partial charge in [0.25, 0.3) is 0 Å². The molecule has 0 aromatic heterocycles. The summed E-state index contributed by atoms with van der Waals surface area (Å²) in [4.78, 5) is 0. The van der Waals surface area contributed by atoms with Crippen molar-refractivity contribution in [1.82, 2.24) is 0 Å². The van der Waals surface area contributed by atoms with E-state index >= 15 is 0 Å². The maximum absolute atomic E-state index is 5.39. The van der Waals surface area contributed by atoms with Crippen molar-refractivity contribution in [3.63, 3.8) is 0 Å². The maximum Gasteiger partial charge on any atom is 0.0178 e. The SMILES string of the molecule is C.C.C#C/C(CC)=C(C)/C=C\C(C)C(=C)C.CC.Cc1cc(CC(C)(C)C(C)C)cc(C(C)(CCc2ccccc2)c2ccc(C)c(CC(C)C)c2)c1. The van der Waals surface area contributed by atoms with Crippen LogP contribution >= 0.6 is 0 Å². The van der Waals surface area contributed by atoms with E-state index in [1.54, 1.807) is 0 Å². The largest absolute Gasteiger partial charge is 0.115 e. The highest BCUT2D eigenvalue weighted by atomic mass is 14.3. The van der Waals surface area contributed by atoms with Crippen molar-refractivity contribution < 1.29 is 0 Å². The van der Waals surface area contributed by atoms with Crippen LogP contribution in [0.2, 0.25) is 0 Å². The van der Waals surface area contributed by atoms with E-state index < -0.39 is 0 Å². The van der Waals surface area contributed by atoms with E-state index in [-0.39, 0.29) is 25.7 Å².